The Balaban J connectivity index is 1.50. The summed E-state index contributed by atoms with van der Waals surface area (Å²) in [5.74, 6) is 0. The summed E-state index contributed by atoms with van der Waals surface area (Å²) in [6.45, 7) is 2.14. The first-order valence-electron chi connectivity index (χ1n) is 9.81. The highest BCUT2D eigenvalue weighted by Gasteiger charge is 2.26. The second kappa shape index (κ2) is 10.6. The van der Waals surface area contributed by atoms with Crippen LogP contribution < -0.4 is 15.4 Å². The molecule has 7 nitrogen and oxygen atoms in total. The Morgan fingerprint density at radius 2 is 2.10 bits per heavy atom. The van der Waals surface area contributed by atoms with E-state index in [4.69, 9.17) is 4.55 Å². The molecule has 0 radical (unpaired) electrons. The van der Waals surface area contributed by atoms with Gasteiger partial charge in [0, 0.05) is 22.7 Å². The molecule has 0 bridgehead atoms. The normalized spacial score (nSPS) is 17.6. The minimum atomic E-state index is -2.08. The molecule has 3 aromatic rings. The first-order chi connectivity index (χ1) is 15.1. The number of aryl methyl sites for hydroxylation is 1. The summed E-state index contributed by atoms with van der Waals surface area (Å²) in [5.41, 5.74) is 2.83. The van der Waals surface area contributed by atoms with Crippen LogP contribution in [0.15, 0.2) is 52.9 Å². The summed E-state index contributed by atoms with van der Waals surface area (Å²) in [6, 6.07) is 11.8. The molecule has 4 N–H and O–H groups in total. The lowest BCUT2D eigenvalue weighted by atomic mass is 10.0. The topological polar surface area (TPSA) is 99.2 Å². The van der Waals surface area contributed by atoms with Crippen molar-refractivity contribution in [2.24, 2.45) is 0 Å². The maximum Gasteiger partial charge on any atom is 0.259 e. The molecular formula is C20H23N5O2S4. The molecule has 0 fully saturated rings. The third kappa shape index (κ3) is 6.07. The van der Waals surface area contributed by atoms with Gasteiger partial charge in [-0.15, -0.1) is 33.3 Å². The number of anilines is 2. The van der Waals surface area contributed by atoms with E-state index in [1.807, 2.05) is 24.3 Å². The van der Waals surface area contributed by atoms with Gasteiger partial charge in [-0.05, 0) is 47.4 Å². The van der Waals surface area contributed by atoms with Gasteiger partial charge in [-0.25, -0.2) is 4.21 Å². The van der Waals surface area contributed by atoms with E-state index in [-0.39, 0.29) is 11.4 Å². The Kier molecular flexibility index (Phi) is 7.62. The van der Waals surface area contributed by atoms with E-state index in [2.05, 4.69) is 55.4 Å². The summed E-state index contributed by atoms with van der Waals surface area (Å²) in [4.78, 5) is 1.29. The van der Waals surface area contributed by atoms with Gasteiger partial charge in [0.2, 0.25) is 5.13 Å². The molecule has 3 heterocycles. The number of thioether (sulfide) groups is 1. The molecule has 0 amide bonds. The number of aromatic nitrogens is 2. The van der Waals surface area contributed by atoms with Gasteiger partial charge in [0.05, 0.1) is 6.04 Å². The second-order valence-corrected chi connectivity index (χ2v) is 10.7. The summed E-state index contributed by atoms with van der Waals surface area (Å²) >= 11 is 3.04. The molecule has 1 aromatic carbocycles. The maximum absolute atomic E-state index is 10.9. The van der Waals surface area contributed by atoms with Gasteiger partial charge in [0.15, 0.2) is 0 Å². The quantitative estimate of drug-likeness (QED) is 0.295. The molecular weight excluding hydrogens is 471 g/mol. The average Bonchev–Trinajstić information content (AvgIpc) is 3.50. The van der Waals surface area contributed by atoms with Gasteiger partial charge in [0.1, 0.15) is 10.4 Å². The lowest BCUT2D eigenvalue weighted by molar-refractivity contribution is 0.570. The Bertz CT molecular complexity index is 1040. The zero-order valence-electron chi connectivity index (χ0n) is 16.8. The minimum absolute atomic E-state index is 0.00525. The molecule has 2 unspecified atom stereocenters. The van der Waals surface area contributed by atoms with Crippen molar-refractivity contribution < 1.29 is 8.76 Å². The molecule has 4 rings (SSSR count). The summed E-state index contributed by atoms with van der Waals surface area (Å²) in [5, 5.41) is 22.2. The maximum atomic E-state index is 10.9. The van der Waals surface area contributed by atoms with Gasteiger partial charge >= 0.3 is 0 Å². The smallest absolute Gasteiger partial charge is 0.259 e. The summed E-state index contributed by atoms with van der Waals surface area (Å²) < 4.78 is 22.4. The van der Waals surface area contributed by atoms with E-state index in [1.54, 1.807) is 34.4 Å². The molecule has 11 heteroatoms. The molecule has 1 aliphatic heterocycles. The Labute approximate surface area is 196 Å². The van der Waals surface area contributed by atoms with E-state index in [9.17, 15) is 4.21 Å². The lowest BCUT2D eigenvalue weighted by Gasteiger charge is -2.21. The van der Waals surface area contributed by atoms with Crippen molar-refractivity contribution in [3.05, 3.63) is 68.3 Å². The van der Waals surface area contributed by atoms with Crippen LogP contribution >= 0.6 is 34.4 Å². The highest BCUT2D eigenvalue weighted by atomic mass is 32.2. The first-order valence-corrected chi connectivity index (χ1v) is 13.6. The Morgan fingerprint density at radius 1 is 1.26 bits per heavy atom. The van der Waals surface area contributed by atoms with Crippen LogP contribution in [-0.2, 0) is 24.1 Å². The third-order valence-electron chi connectivity index (χ3n) is 4.63. The largest absolute Gasteiger partial charge is 0.370 e. The molecule has 31 heavy (non-hydrogen) atoms. The van der Waals surface area contributed by atoms with Crippen LogP contribution in [0.2, 0.25) is 0 Å². The van der Waals surface area contributed by atoms with Crippen LogP contribution in [0.5, 0.6) is 0 Å². The number of hydrogen-bond donors (Lipinski definition) is 4. The van der Waals surface area contributed by atoms with Crippen LogP contribution in [0, 0.1) is 0 Å². The minimum Gasteiger partial charge on any atom is -0.370 e. The van der Waals surface area contributed by atoms with E-state index < -0.39 is 11.3 Å². The van der Waals surface area contributed by atoms with Crippen molar-refractivity contribution in [1.82, 2.24) is 15.5 Å². The molecule has 1 aliphatic rings. The van der Waals surface area contributed by atoms with E-state index in [0.717, 1.165) is 40.7 Å². The SMILES string of the molecule is CCCc1nnc(N[C@@H](Cc2ccc(NS(=O)O)cc2)C2=CSC(c3cccs3)N2)s1. The van der Waals surface area contributed by atoms with Crippen molar-refractivity contribution in [2.75, 3.05) is 10.0 Å². The molecule has 164 valence electrons. The number of nitrogens with one attached hydrogen (secondary N) is 3. The van der Waals surface area contributed by atoms with Gasteiger partial charge < -0.3 is 10.6 Å². The van der Waals surface area contributed by atoms with Gasteiger partial charge in [-0.2, -0.15) is 0 Å². The van der Waals surface area contributed by atoms with Crippen LogP contribution in [-0.4, -0.2) is 25.0 Å². The van der Waals surface area contributed by atoms with Crippen LogP contribution in [0.25, 0.3) is 0 Å². The van der Waals surface area contributed by atoms with Crippen molar-refractivity contribution in [2.45, 2.75) is 37.6 Å². The molecule has 2 aromatic heterocycles. The molecule has 0 saturated carbocycles. The lowest BCUT2D eigenvalue weighted by Crippen LogP contribution is -2.31. The molecule has 0 saturated heterocycles. The number of nitrogens with zero attached hydrogens (tertiary/aromatic N) is 2. The number of hydrogen-bond acceptors (Lipinski definition) is 8. The molecule has 3 atom stereocenters. The van der Waals surface area contributed by atoms with Crippen LogP contribution in [0.3, 0.4) is 0 Å². The molecule has 0 spiro atoms. The van der Waals surface area contributed by atoms with Crippen LogP contribution in [0.1, 0.15) is 34.2 Å². The van der Waals surface area contributed by atoms with Gasteiger partial charge in [-0.1, -0.05) is 36.5 Å². The second-order valence-electron chi connectivity index (χ2n) is 6.95. The fourth-order valence-corrected chi connectivity index (χ4v) is 6.33. The van der Waals surface area contributed by atoms with Crippen LogP contribution in [0.4, 0.5) is 10.8 Å². The average molecular weight is 494 g/mol. The van der Waals surface area contributed by atoms with Crippen molar-refractivity contribution >= 4 is 56.5 Å². The van der Waals surface area contributed by atoms with Gasteiger partial charge in [0.25, 0.3) is 11.3 Å². The highest BCUT2D eigenvalue weighted by molar-refractivity contribution is 8.02. The van der Waals surface area contributed by atoms with E-state index in [0.29, 0.717) is 5.69 Å². The first kappa shape index (κ1) is 22.3. The highest BCUT2D eigenvalue weighted by Crippen LogP contribution is 2.38. The van der Waals surface area contributed by atoms with Crippen molar-refractivity contribution in [3.8, 4) is 0 Å². The fourth-order valence-electron chi connectivity index (χ4n) is 3.18. The fraction of sp³-hybridized carbons (Fsp3) is 0.300. The standard InChI is InChI=1S/C20H23N5O2S4/c1-2-4-18-23-24-20(30-18)22-15(11-13-6-8-14(9-7-13)25-31(26)27)16-12-29-19(21-16)17-5-3-10-28-17/h3,5-10,12,15,19,21,25H,2,4,11H2,1H3,(H,22,24)(H,26,27)/t15-,19?/m0/s1. The zero-order valence-corrected chi connectivity index (χ0v) is 20.0. The predicted octanol–water partition coefficient (Wildman–Crippen LogP) is 5.00. The third-order valence-corrected chi connectivity index (χ3v) is 8.08. The Hall–Kier alpha value is -1.92. The summed E-state index contributed by atoms with van der Waals surface area (Å²) in [7, 11) is 0. The monoisotopic (exact) mass is 493 g/mol. The van der Waals surface area contributed by atoms with Gasteiger partial charge in [-0.3, -0.25) is 9.27 Å². The summed E-state index contributed by atoms with van der Waals surface area (Å²) in [6.07, 6.45) is 2.71. The predicted molar refractivity (Wildman–Crippen MR) is 132 cm³/mol. The number of rotatable bonds is 10. The Morgan fingerprint density at radius 3 is 2.81 bits per heavy atom. The van der Waals surface area contributed by atoms with Crippen molar-refractivity contribution in [1.29, 1.82) is 0 Å². The van der Waals surface area contributed by atoms with Crippen molar-refractivity contribution in [3.63, 3.8) is 0 Å². The van der Waals surface area contributed by atoms with E-state index >= 15 is 0 Å². The zero-order chi connectivity index (χ0) is 21.6. The van der Waals surface area contributed by atoms with E-state index in [1.165, 1.54) is 4.88 Å². The number of benzene rings is 1. The molecule has 0 aliphatic carbocycles. The number of thiophene rings is 1.